The number of thiophene rings is 1. The molecule has 0 aliphatic heterocycles. The standard InChI is InChI=1S/C19H19N3O2S/c23-17(20-16-7-3-5-13-4-1-2-6-15(13)16)8-9-18-21-22-19(24-18)14-10-11-25-12-14/h1-2,4,6,10-12,16H,3,5,7-9H2,(H,20,23). The first-order valence-electron chi connectivity index (χ1n) is 8.52. The molecular weight excluding hydrogens is 334 g/mol. The number of rotatable bonds is 5. The maximum Gasteiger partial charge on any atom is 0.248 e. The van der Waals surface area contributed by atoms with Crippen molar-refractivity contribution in [3.63, 3.8) is 0 Å². The summed E-state index contributed by atoms with van der Waals surface area (Å²) in [5.41, 5.74) is 3.52. The van der Waals surface area contributed by atoms with E-state index < -0.39 is 0 Å². The van der Waals surface area contributed by atoms with Crippen molar-refractivity contribution in [1.82, 2.24) is 15.5 Å². The molecule has 25 heavy (non-hydrogen) atoms. The van der Waals surface area contributed by atoms with Gasteiger partial charge < -0.3 is 9.73 Å². The van der Waals surface area contributed by atoms with E-state index in [2.05, 4.69) is 33.7 Å². The van der Waals surface area contributed by atoms with E-state index in [1.54, 1.807) is 11.3 Å². The monoisotopic (exact) mass is 353 g/mol. The Kier molecular flexibility index (Phi) is 4.61. The van der Waals surface area contributed by atoms with Gasteiger partial charge in [0.25, 0.3) is 0 Å². The Hall–Kier alpha value is -2.47. The fourth-order valence-corrected chi connectivity index (χ4v) is 3.88. The van der Waals surface area contributed by atoms with Crippen LogP contribution in [0.4, 0.5) is 0 Å². The lowest BCUT2D eigenvalue weighted by Gasteiger charge is -2.26. The smallest absolute Gasteiger partial charge is 0.248 e. The molecule has 128 valence electrons. The number of aryl methyl sites for hydroxylation is 2. The number of hydrogen-bond acceptors (Lipinski definition) is 5. The van der Waals surface area contributed by atoms with Gasteiger partial charge in [0.05, 0.1) is 6.04 Å². The summed E-state index contributed by atoms with van der Waals surface area (Å²) < 4.78 is 5.63. The molecule has 1 aliphatic carbocycles. The van der Waals surface area contributed by atoms with Crippen LogP contribution in [0.25, 0.3) is 11.5 Å². The van der Waals surface area contributed by atoms with Crippen LogP contribution in [-0.4, -0.2) is 16.1 Å². The van der Waals surface area contributed by atoms with Crippen molar-refractivity contribution in [2.75, 3.05) is 0 Å². The van der Waals surface area contributed by atoms with Gasteiger partial charge in [-0.15, -0.1) is 10.2 Å². The number of carbonyl (C=O) groups is 1. The summed E-state index contributed by atoms with van der Waals surface area (Å²) in [5, 5.41) is 15.2. The number of hydrogen-bond donors (Lipinski definition) is 1. The van der Waals surface area contributed by atoms with E-state index in [1.807, 2.05) is 22.9 Å². The lowest BCUT2D eigenvalue weighted by atomic mass is 9.87. The Labute approximate surface area is 150 Å². The van der Waals surface area contributed by atoms with Gasteiger partial charge in [0.2, 0.25) is 17.7 Å². The first kappa shape index (κ1) is 16.0. The van der Waals surface area contributed by atoms with Gasteiger partial charge in [0.15, 0.2) is 0 Å². The third-order valence-electron chi connectivity index (χ3n) is 4.51. The third kappa shape index (κ3) is 3.64. The van der Waals surface area contributed by atoms with Crippen LogP contribution < -0.4 is 5.32 Å². The van der Waals surface area contributed by atoms with Crippen LogP contribution in [0.3, 0.4) is 0 Å². The molecule has 1 aromatic carbocycles. The van der Waals surface area contributed by atoms with Gasteiger partial charge in [-0.25, -0.2) is 0 Å². The van der Waals surface area contributed by atoms with Crippen LogP contribution in [0.5, 0.6) is 0 Å². The molecular formula is C19H19N3O2S. The molecule has 0 saturated carbocycles. The highest BCUT2D eigenvalue weighted by atomic mass is 32.1. The van der Waals surface area contributed by atoms with Gasteiger partial charge >= 0.3 is 0 Å². The minimum Gasteiger partial charge on any atom is -0.421 e. The second kappa shape index (κ2) is 7.19. The van der Waals surface area contributed by atoms with E-state index in [0.717, 1.165) is 24.8 Å². The molecule has 3 aromatic rings. The molecule has 1 amide bonds. The largest absolute Gasteiger partial charge is 0.421 e. The third-order valence-corrected chi connectivity index (χ3v) is 5.19. The number of benzene rings is 1. The second-order valence-corrected chi connectivity index (χ2v) is 7.00. The van der Waals surface area contributed by atoms with E-state index in [-0.39, 0.29) is 11.9 Å². The first-order chi connectivity index (χ1) is 12.3. The number of carbonyl (C=O) groups excluding carboxylic acids is 1. The summed E-state index contributed by atoms with van der Waals surface area (Å²) in [6.07, 6.45) is 4.00. The molecule has 0 spiro atoms. The fraction of sp³-hybridized carbons (Fsp3) is 0.316. The van der Waals surface area contributed by atoms with Gasteiger partial charge in [-0.3, -0.25) is 4.79 Å². The van der Waals surface area contributed by atoms with Crippen LogP contribution in [0.2, 0.25) is 0 Å². The van der Waals surface area contributed by atoms with E-state index in [1.165, 1.54) is 11.1 Å². The maximum absolute atomic E-state index is 12.3. The Balaban J connectivity index is 1.34. The van der Waals surface area contributed by atoms with Crippen LogP contribution in [0.15, 0.2) is 45.5 Å². The molecule has 1 aliphatic rings. The molecule has 0 saturated heterocycles. The molecule has 0 radical (unpaired) electrons. The van der Waals surface area contributed by atoms with Gasteiger partial charge in [-0.2, -0.15) is 11.3 Å². The zero-order valence-electron chi connectivity index (χ0n) is 13.8. The van der Waals surface area contributed by atoms with E-state index in [0.29, 0.717) is 24.6 Å². The molecule has 5 nitrogen and oxygen atoms in total. The molecule has 1 unspecified atom stereocenters. The zero-order valence-corrected chi connectivity index (χ0v) is 14.6. The van der Waals surface area contributed by atoms with Crippen molar-refractivity contribution < 1.29 is 9.21 Å². The lowest BCUT2D eigenvalue weighted by molar-refractivity contribution is -0.122. The van der Waals surface area contributed by atoms with Crippen molar-refractivity contribution in [2.24, 2.45) is 0 Å². The first-order valence-corrected chi connectivity index (χ1v) is 9.46. The summed E-state index contributed by atoms with van der Waals surface area (Å²) in [7, 11) is 0. The second-order valence-electron chi connectivity index (χ2n) is 6.22. The Morgan fingerprint density at radius 3 is 3.08 bits per heavy atom. The summed E-state index contributed by atoms with van der Waals surface area (Å²) >= 11 is 1.58. The Morgan fingerprint density at radius 2 is 2.20 bits per heavy atom. The highest BCUT2D eigenvalue weighted by Gasteiger charge is 2.21. The fourth-order valence-electron chi connectivity index (χ4n) is 3.25. The summed E-state index contributed by atoms with van der Waals surface area (Å²) in [5.74, 6) is 1.04. The molecule has 6 heteroatoms. The molecule has 1 atom stereocenters. The molecule has 1 N–H and O–H groups in total. The van der Waals surface area contributed by atoms with Gasteiger partial charge in [0, 0.05) is 23.8 Å². The van der Waals surface area contributed by atoms with Gasteiger partial charge in [-0.05, 0) is 41.8 Å². The quantitative estimate of drug-likeness (QED) is 0.755. The van der Waals surface area contributed by atoms with Crippen LogP contribution in [0.1, 0.15) is 42.3 Å². The summed E-state index contributed by atoms with van der Waals surface area (Å²) in [6.45, 7) is 0. The van der Waals surface area contributed by atoms with Crippen molar-refractivity contribution in [1.29, 1.82) is 0 Å². The lowest BCUT2D eigenvalue weighted by Crippen LogP contribution is -2.31. The van der Waals surface area contributed by atoms with Crippen molar-refractivity contribution in [3.8, 4) is 11.5 Å². The van der Waals surface area contributed by atoms with Crippen LogP contribution in [-0.2, 0) is 17.6 Å². The highest BCUT2D eigenvalue weighted by Crippen LogP contribution is 2.29. The predicted octanol–water partition coefficient (Wildman–Crippen LogP) is 3.92. The van der Waals surface area contributed by atoms with Crippen LogP contribution >= 0.6 is 11.3 Å². The number of fused-ring (bicyclic) bond motifs is 1. The average molecular weight is 353 g/mol. The van der Waals surface area contributed by atoms with Crippen molar-refractivity contribution >= 4 is 17.2 Å². The zero-order chi connectivity index (χ0) is 17.1. The van der Waals surface area contributed by atoms with Gasteiger partial charge in [-0.1, -0.05) is 24.3 Å². The van der Waals surface area contributed by atoms with Crippen LogP contribution in [0, 0.1) is 0 Å². The minimum atomic E-state index is 0.0250. The average Bonchev–Trinajstić information content (AvgIpc) is 3.32. The highest BCUT2D eigenvalue weighted by molar-refractivity contribution is 7.08. The number of aromatic nitrogens is 2. The normalized spacial score (nSPS) is 16.4. The molecule has 0 fully saturated rings. The number of nitrogens with zero attached hydrogens (tertiary/aromatic N) is 2. The van der Waals surface area contributed by atoms with E-state index in [4.69, 9.17) is 4.42 Å². The minimum absolute atomic E-state index is 0.0250. The van der Waals surface area contributed by atoms with Crippen molar-refractivity contribution in [3.05, 3.63) is 58.1 Å². The number of nitrogens with one attached hydrogen (secondary N) is 1. The molecule has 4 rings (SSSR count). The van der Waals surface area contributed by atoms with Crippen molar-refractivity contribution in [2.45, 2.75) is 38.1 Å². The summed E-state index contributed by atoms with van der Waals surface area (Å²) in [4.78, 5) is 12.3. The number of amides is 1. The Bertz CT molecular complexity index is 857. The topological polar surface area (TPSA) is 68.0 Å². The molecule has 0 bridgehead atoms. The predicted molar refractivity (Wildman–Crippen MR) is 96.2 cm³/mol. The maximum atomic E-state index is 12.3. The molecule has 2 heterocycles. The van der Waals surface area contributed by atoms with Gasteiger partial charge in [0.1, 0.15) is 0 Å². The SMILES string of the molecule is O=C(CCc1nnc(-c2ccsc2)o1)NC1CCCc2ccccc21. The molecule has 2 aromatic heterocycles. The van der Waals surface area contributed by atoms with E-state index in [9.17, 15) is 4.79 Å². The summed E-state index contributed by atoms with van der Waals surface area (Å²) in [6, 6.07) is 10.4. The Morgan fingerprint density at radius 1 is 1.28 bits per heavy atom. The van der Waals surface area contributed by atoms with E-state index >= 15 is 0 Å².